The van der Waals surface area contributed by atoms with Crippen molar-refractivity contribution in [1.29, 1.82) is 0 Å². The molecule has 2 rings (SSSR count). The van der Waals surface area contributed by atoms with Crippen molar-refractivity contribution >= 4 is 5.96 Å². The summed E-state index contributed by atoms with van der Waals surface area (Å²) in [6.45, 7) is 5.83. The van der Waals surface area contributed by atoms with Gasteiger partial charge in [-0.15, -0.1) is 0 Å². The van der Waals surface area contributed by atoms with Crippen molar-refractivity contribution in [2.45, 2.75) is 26.8 Å². The summed E-state index contributed by atoms with van der Waals surface area (Å²) in [5.41, 5.74) is 0.942. The molecule has 0 aliphatic rings. The maximum Gasteiger partial charge on any atom is 0.191 e. The topological polar surface area (TPSA) is 87.2 Å². The molecule has 1 aromatic carbocycles. The first-order valence-corrected chi connectivity index (χ1v) is 8.12. The Morgan fingerprint density at radius 2 is 2.00 bits per heavy atom. The van der Waals surface area contributed by atoms with Crippen LogP contribution in [0.4, 0.5) is 0 Å². The van der Waals surface area contributed by atoms with Gasteiger partial charge < -0.3 is 15.4 Å². The Labute approximate surface area is 142 Å². The second-order valence-electron chi connectivity index (χ2n) is 5.87. The van der Waals surface area contributed by atoms with Crippen molar-refractivity contribution in [2.24, 2.45) is 10.9 Å². The van der Waals surface area contributed by atoms with Gasteiger partial charge in [-0.05, 0) is 36.6 Å². The molecule has 2 aromatic rings. The highest BCUT2D eigenvalue weighted by Gasteiger charge is 2.07. The summed E-state index contributed by atoms with van der Waals surface area (Å²) in [6, 6.07) is 7.66. The first kappa shape index (κ1) is 17.8. The van der Waals surface area contributed by atoms with E-state index in [1.165, 1.54) is 0 Å². The van der Waals surface area contributed by atoms with E-state index in [0.29, 0.717) is 18.3 Å². The molecular weight excluding hydrogens is 304 g/mol. The molecule has 0 radical (unpaired) electrons. The van der Waals surface area contributed by atoms with E-state index in [-0.39, 0.29) is 0 Å². The molecule has 7 heteroatoms. The number of nitrogens with zero attached hydrogens (tertiary/aromatic N) is 3. The summed E-state index contributed by atoms with van der Waals surface area (Å²) in [6.07, 6.45) is 1.10. The Morgan fingerprint density at radius 1 is 1.25 bits per heavy atom. The van der Waals surface area contributed by atoms with Gasteiger partial charge in [-0.3, -0.25) is 10.1 Å². The van der Waals surface area contributed by atoms with Crippen molar-refractivity contribution in [2.75, 3.05) is 20.7 Å². The smallest absolute Gasteiger partial charge is 0.191 e. The standard InChI is InChI=1S/C17H26N6O/c1-12(2)9-10-19-17(18-3)20-11-15-21-16(23-22-15)13-5-7-14(24-4)8-6-13/h5-8,12H,9-11H2,1-4H3,(H2,18,19,20)(H,21,22,23). The zero-order valence-corrected chi connectivity index (χ0v) is 14.8. The lowest BCUT2D eigenvalue weighted by Gasteiger charge is -2.11. The highest BCUT2D eigenvalue weighted by molar-refractivity contribution is 5.79. The van der Waals surface area contributed by atoms with Crippen molar-refractivity contribution in [3.63, 3.8) is 0 Å². The number of methoxy groups -OCH3 is 1. The lowest BCUT2D eigenvalue weighted by atomic mass is 10.1. The zero-order chi connectivity index (χ0) is 17.4. The minimum absolute atomic E-state index is 0.532. The number of H-pyrrole nitrogens is 1. The minimum atomic E-state index is 0.532. The lowest BCUT2D eigenvalue weighted by molar-refractivity contribution is 0.415. The van der Waals surface area contributed by atoms with E-state index in [9.17, 15) is 0 Å². The summed E-state index contributed by atoms with van der Waals surface area (Å²) in [5, 5.41) is 13.7. The predicted octanol–water partition coefficient (Wildman–Crippen LogP) is 2.19. The van der Waals surface area contributed by atoms with Gasteiger partial charge in [-0.1, -0.05) is 13.8 Å². The zero-order valence-electron chi connectivity index (χ0n) is 14.8. The highest BCUT2D eigenvalue weighted by Crippen LogP contribution is 2.18. The molecule has 0 bridgehead atoms. The molecule has 0 aliphatic heterocycles. The third-order valence-electron chi connectivity index (χ3n) is 3.54. The first-order chi connectivity index (χ1) is 11.6. The van der Waals surface area contributed by atoms with Gasteiger partial charge in [0.15, 0.2) is 11.8 Å². The van der Waals surface area contributed by atoms with Crippen LogP contribution in [0.3, 0.4) is 0 Å². The monoisotopic (exact) mass is 330 g/mol. The van der Waals surface area contributed by atoms with Gasteiger partial charge in [-0.25, -0.2) is 4.98 Å². The van der Waals surface area contributed by atoms with Crippen LogP contribution in [0.25, 0.3) is 11.4 Å². The average Bonchev–Trinajstić information content (AvgIpc) is 3.06. The number of hydrogen-bond donors (Lipinski definition) is 3. The van der Waals surface area contributed by atoms with Gasteiger partial charge in [0, 0.05) is 19.2 Å². The molecule has 0 saturated carbocycles. The van der Waals surface area contributed by atoms with E-state index in [1.807, 2.05) is 24.3 Å². The van der Waals surface area contributed by atoms with Crippen LogP contribution in [0.15, 0.2) is 29.3 Å². The Morgan fingerprint density at radius 3 is 2.62 bits per heavy atom. The quantitative estimate of drug-likeness (QED) is 0.535. The largest absolute Gasteiger partial charge is 0.497 e. The van der Waals surface area contributed by atoms with E-state index >= 15 is 0 Å². The first-order valence-electron chi connectivity index (χ1n) is 8.12. The van der Waals surface area contributed by atoms with Crippen LogP contribution in [0.5, 0.6) is 5.75 Å². The van der Waals surface area contributed by atoms with Gasteiger partial charge in [0.05, 0.1) is 13.7 Å². The van der Waals surface area contributed by atoms with E-state index < -0.39 is 0 Å². The number of ether oxygens (including phenoxy) is 1. The summed E-state index contributed by atoms with van der Waals surface area (Å²) in [5.74, 6) is 3.66. The van der Waals surface area contributed by atoms with Gasteiger partial charge in [-0.2, -0.15) is 5.10 Å². The molecule has 7 nitrogen and oxygen atoms in total. The molecule has 0 spiro atoms. The molecule has 0 atom stereocenters. The van der Waals surface area contributed by atoms with E-state index in [0.717, 1.165) is 36.1 Å². The highest BCUT2D eigenvalue weighted by atomic mass is 16.5. The second-order valence-corrected chi connectivity index (χ2v) is 5.87. The lowest BCUT2D eigenvalue weighted by Crippen LogP contribution is -2.37. The molecule has 130 valence electrons. The number of aromatic nitrogens is 3. The fourth-order valence-electron chi connectivity index (χ4n) is 2.11. The van der Waals surface area contributed by atoms with Gasteiger partial charge in [0.25, 0.3) is 0 Å². The predicted molar refractivity (Wildman–Crippen MR) is 96.0 cm³/mol. The maximum absolute atomic E-state index is 5.16. The van der Waals surface area contributed by atoms with E-state index in [1.54, 1.807) is 14.2 Å². The Balaban J connectivity index is 1.88. The number of nitrogens with one attached hydrogen (secondary N) is 3. The Hall–Kier alpha value is -2.57. The van der Waals surface area contributed by atoms with E-state index in [4.69, 9.17) is 4.74 Å². The van der Waals surface area contributed by atoms with E-state index in [2.05, 4.69) is 44.7 Å². The molecule has 1 heterocycles. The van der Waals surface area contributed by atoms with Gasteiger partial charge in [0.1, 0.15) is 11.6 Å². The number of aliphatic imine (C=N–C) groups is 1. The van der Waals surface area contributed by atoms with Gasteiger partial charge in [0.2, 0.25) is 0 Å². The number of benzene rings is 1. The molecular formula is C17H26N6O. The second kappa shape index (κ2) is 8.90. The van der Waals surface area contributed by atoms with Crippen LogP contribution in [-0.4, -0.2) is 41.8 Å². The minimum Gasteiger partial charge on any atom is -0.497 e. The fourth-order valence-corrected chi connectivity index (χ4v) is 2.11. The summed E-state index contributed by atoms with van der Waals surface area (Å²) in [7, 11) is 3.40. The number of rotatable bonds is 7. The van der Waals surface area contributed by atoms with Crippen molar-refractivity contribution in [3.8, 4) is 17.1 Å². The Kier molecular flexibility index (Phi) is 6.60. The van der Waals surface area contributed by atoms with Crippen molar-refractivity contribution in [1.82, 2.24) is 25.8 Å². The SMILES string of the molecule is CN=C(NCCC(C)C)NCc1nc(-c2ccc(OC)cc2)n[nH]1. The van der Waals surface area contributed by atoms with Crippen molar-refractivity contribution in [3.05, 3.63) is 30.1 Å². The molecule has 24 heavy (non-hydrogen) atoms. The molecule has 0 unspecified atom stereocenters. The van der Waals surface area contributed by atoms with Crippen molar-refractivity contribution < 1.29 is 4.74 Å². The summed E-state index contributed by atoms with van der Waals surface area (Å²) in [4.78, 5) is 8.70. The van der Waals surface area contributed by atoms with Gasteiger partial charge >= 0.3 is 0 Å². The third kappa shape index (κ3) is 5.26. The molecule has 0 aliphatic carbocycles. The number of guanidine groups is 1. The Bertz CT molecular complexity index is 647. The van der Waals surface area contributed by atoms with Crippen LogP contribution in [0, 0.1) is 5.92 Å². The molecule has 1 aromatic heterocycles. The fraction of sp³-hybridized carbons (Fsp3) is 0.471. The summed E-state index contributed by atoms with van der Waals surface area (Å²) < 4.78 is 5.16. The summed E-state index contributed by atoms with van der Waals surface area (Å²) >= 11 is 0. The average molecular weight is 330 g/mol. The molecule has 0 amide bonds. The van der Waals surface area contributed by atoms with Crippen LogP contribution in [-0.2, 0) is 6.54 Å². The van der Waals surface area contributed by atoms with Crippen LogP contribution >= 0.6 is 0 Å². The molecule has 3 N–H and O–H groups in total. The maximum atomic E-state index is 5.16. The van der Waals surface area contributed by atoms with Crippen LogP contribution in [0.1, 0.15) is 26.1 Å². The number of aromatic amines is 1. The molecule has 0 fully saturated rings. The van der Waals surface area contributed by atoms with Crippen LogP contribution < -0.4 is 15.4 Å². The molecule has 0 saturated heterocycles. The normalized spacial score (nSPS) is 11.6. The third-order valence-corrected chi connectivity index (χ3v) is 3.54. The van der Waals surface area contributed by atoms with Crippen LogP contribution in [0.2, 0.25) is 0 Å². The number of hydrogen-bond acceptors (Lipinski definition) is 4.